The highest BCUT2D eigenvalue weighted by Crippen LogP contribution is 2.10. The van der Waals surface area contributed by atoms with Crippen LogP contribution in [-0.2, 0) is 4.74 Å². The number of piperidine rings is 1. The van der Waals surface area contributed by atoms with E-state index in [-0.39, 0.29) is 12.1 Å². The Morgan fingerprint density at radius 2 is 2.27 bits per heavy atom. The molecular formula is C11H14N2O2. The first kappa shape index (κ1) is 10.1. The molecule has 0 unspecified atom stereocenters. The summed E-state index contributed by atoms with van der Waals surface area (Å²) in [5, 5.41) is 3.22. The fraction of sp³-hybridized carbons (Fsp3) is 0.455. The monoisotopic (exact) mass is 206 g/mol. The fourth-order valence-corrected chi connectivity index (χ4v) is 1.62. The highest BCUT2D eigenvalue weighted by atomic mass is 16.5. The van der Waals surface area contributed by atoms with Crippen LogP contribution in [0.15, 0.2) is 24.5 Å². The number of carbonyl (C=O) groups is 1. The standard InChI is InChI=1S/C11H14N2O2/c14-11(9-2-1-5-13-8-9)15-10-3-6-12-7-4-10/h1-2,5,8,10,12H,3-4,6-7H2. The van der Waals surface area contributed by atoms with Gasteiger partial charge in [-0.2, -0.15) is 0 Å². The van der Waals surface area contributed by atoms with Crippen LogP contribution in [0.4, 0.5) is 0 Å². The van der Waals surface area contributed by atoms with Crippen molar-refractivity contribution in [3.63, 3.8) is 0 Å². The first-order valence-electron chi connectivity index (χ1n) is 5.18. The van der Waals surface area contributed by atoms with Crippen LogP contribution in [-0.4, -0.2) is 30.1 Å². The number of esters is 1. The van der Waals surface area contributed by atoms with Gasteiger partial charge in [-0.05, 0) is 38.1 Å². The Bertz CT molecular complexity index is 321. The van der Waals surface area contributed by atoms with Gasteiger partial charge in [0, 0.05) is 12.4 Å². The third-order valence-electron chi connectivity index (χ3n) is 2.46. The second-order valence-electron chi connectivity index (χ2n) is 3.60. The van der Waals surface area contributed by atoms with E-state index in [1.54, 1.807) is 18.3 Å². The molecule has 2 rings (SSSR count). The summed E-state index contributed by atoms with van der Waals surface area (Å²) in [6.45, 7) is 1.84. The van der Waals surface area contributed by atoms with Crippen LogP contribution < -0.4 is 5.32 Å². The Hall–Kier alpha value is -1.42. The number of hydrogen-bond donors (Lipinski definition) is 1. The number of pyridine rings is 1. The van der Waals surface area contributed by atoms with E-state index in [9.17, 15) is 4.79 Å². The molecule has 1 aromatic rings. The number of carbonyl (C=O) groups excluding carboxylic acids is 1. The van der Waals surface area contributed by atoms with Gasteiger partial charge in [-0.25, -0.2) is 4.79 Å². The van der Waals surface area contributed by atoms with Gasteiger partial charge in [-0.15, -0.1) is 0 Å². The van der Waals surface area contributed by atoms with Crippen LogP contribution >= 0.6 is 0 Å². The summed E-state index contributed by atoms with van der Waals surface area (Å²) in [4.78, 5) is 15.5. The molecule has 1 saturated heterocycles. The van der Waals surface area contributed by atoms with E-state index in [2.05, 4.69) is 10.3 Å². The Balaban J connectivity index is 1.91. The number of ether oxygens (including phenoxy) is 1. The lowest BCUT2D eigenvalue weighted by Gasteiger charge is -2.22. The van der Waals surface area contributed by atoms with Crippen molar-refractivity contribution in [2.75, 3.05) is 13.1 Å². The van der Waals surface area contributed by atoms with Crippen LogP contribution in [0.5, 0.6) is 0 Å². The maximum absolute atomic E-state index is 11.6. The third kappa shape index (κ3) is 2.76. The second kappa shape index (κ2) is 4.89. The molecule has 0 radical (unpaired) electrons. The zero-order valence-corrected chi connectivity index (χ0v) is 8.48. The molecule has 1 aromatic heterocycles. The number of hydrogen-bond acceptors (Lipinski definition) is 4. The molecule has 0 saturated carbocycles. The van der Waals surface area contributed by atoms with Crippen molar-refractivity contribution in [1.29, 1.82) is 0 Å². The molecule has 4 heteroatoms. The third-order valence-corrected chi connectivity index (χ3v) is 2.46. The van der Waals surface area contributed by atoms with Crippen molar-refractivity contribution < 1.29 is 9.53 Å². The maximum Gasteiger partial charge on any atom is 0.339 e. The average molecular weight is 206 g/mol. The van der Waals surface area contributed by atoms with Crippen molar-refractivity contribution in [3.8, 4) is 0 Å². The summed E-state index contributed by atoms with van der Waals surface area (Å²) in [6.07, 6.45) is 5.02. The van der Waals surface area contributed by atoms with Crippen molar-refractivity contribution in [3.05, 3.63) is 30.1 Å². The van der Waals surface area contributed by atoms with Gasteiger partial charge in [-0.1, -0.05) is 0 Å². The molecule has 1 aliphatic heterocycles. The van der Waals surface area contributed by atoms with Crippen LogP contribution in [0.3, 0.4) is 0 Å². The molecule has 0 bridgehead atoms. The lowest BCUT2D eigenvalue weighted by molar-refractivity contribution is 0.0229. The molecule has 1 aliphatic rings. The van der Waals surface area contributed by atoms with Gasteiger partial charge in [-0.3, -0.25) is 4.98 Å². The van der Waals surface area contributed by atoms with Crippen LogP contribution in [0.1, 0.15) is 23.2 Å². The van der Waals surface area contributed by atoms with Crippen LogP contribution in [0.2, 0.25) is 0 Å². The molecule has 2 heterocycles. The molecule has 1 N–H and O–H groups in total. The highest BCUT2D eigenvalue weighted by molar-refractivity contribution is 5.89. The van der Waals surface area contributed by atoms with Gasteiger partial charge in [0.15, 0.2) is 0 Å². The number of nitrogens with zero attached hydrogens (tertiary/aromatic N) is 1. The first-order valence-corrected chi connectivity index (χ1v) is 5.18. The number of aromatic nitrogens is 1. The van der Waals surface area contributed by atoms with Crippen molar-refractivity contribution in [1.82, 2.24) is 10.3 Å². The van der Waals surface area contributed by atoms with Gasteiger partial charge in [0.25, 0.3) is 0 Å². The van der Waals surface area contributed by atoms with Crippen molar-refractivity contribution in [2.45, 2.75) is 18.9 Å². The second-order valence-corrected chi connectivity index (χ2v) is 3.60. The minimum Gasteiger partial charge on any atom is -0.459 e. The zero-order valence-electron chi connectivity index (χ0n) is 8.48. The minimum atomic E-state index is -0.269. The highest BCUT2D eigenvalue weighted by Gasteiger charge is 2.18. The maximum atomic E-state index is 11.6. The van der Waals surface area contributed by atoms with Crippen LogP contribution in [0, 0.1) is 0 Å². The summed E-state index contributed by atoms with van der Waals surface area (Å²) < 4.78 is 5.36. The number of nitrogens with one attached hydrogen (secondary N) is 1. The Labute approximate surface area is 88.7 Å². The fourth-order valence-electron chi connectivity index (χ4n) is 1.62. The summed E-state index contributed by atoms with van der Waals surface area (Å²) in [6, 6.07) is 3.45. The molecule has 0 atom stereocenters. The molecule has 0 aliphatic carbocycles. The van der Waals surface area contributed by atoms with Gasteiger partial charge in [0.05, 0.1) is 5.56 Å². The molecular weight excluding hydrogens is 192 g/mol. The Morgan fingerprint density at radius 1 is 1.47 bits per heavy atom. The SMILES string of the molecule is O=C(OC1CCNCC1)c1cccnc1. The Morgan fingerprint density at radius 3 is 2.93 bits per heavy atom. The minimum absolute atomic E-state index is 0.0546. The predicted octanol–water partition coefficient (Wildman–Crippen LogP) is 0.990. The topological polar surface area (TPSA) is 51.2 Å². The average Bonchev–Trinajstić information content (AvgIpc) is 2.31. The lowest BCUT2D eigenvalue weighted by atomic mass is 10.1. The summed E-state index contributed by atoms with van der Waals surface area (Å²) in [5.74, 6) is -0.269. The molecule has 0 amide bonds. The normalized spacial score (nSPS) is 17.3. The summed E-state index contributed by atoms with van der Waals surface area (Å²) in [7, 11) is 0. The Kier molecular flexibility index (Phi) is 3.29. The van der Waals surface area contributed by atoms with E-state index in [1.165, 1.54) is 6.20 Å². The van der Waals surface area contributed by atoms with E-state index in [0.717, 1.165) is 25.9 Å². The van der Waals surface area contributed by atoms with E-state index in [0.29, 0.717) is 5.56 Å². The quantitative estimate of drug-likeness (QED) is 0.733. The molecule has 1 fully saturated rings. The molecule has 80 valence electrons. The van der Waals surface area contributed by atoms with Gasteiger partial charge < -0.3 is 10.1 Å². The molecule has 0 aromatic carbocycles. The van der Waals surface area contributed by atoms with Gasteiger partial charge in [0.1, 0.15) is 6.10 Å². The van der Waals surface area contributed by atoms with E-state index in [1.807, 2.05) is 0 Å². The van der Waals surface area contributed by atoms with Crippen molar-refractivity contribution in [2.24, 2.45) is 0 Å². The molecule has 4 nitrogen and oxygen atoms in total. The smallest absolute Gasteiger partial charge is 0.339 e. The van der Waals surface area contributed by atoms with E-state index in [4.69, 9.17) is 4.74 Å². The predicted molar refractivity (Wildman–Crippen MR) is 55.5 cm³/mol. The summed E-state index contributed by atoms with van der Waals surface area (Å²) in [5.41, 5.74) is 0.524. The van der Waals surface area contributed by atoms with Gasteiger partial charge >= 0.3 is 5.97 Å². The summed E-state index contributed by atoms with van der Waals surface area (Å²) >= 11 is 0. The largest absolute Gasteiger partial charge is 0.459 e. The van der Waals surface area contributed by atoms with Crippen LogP contribution in [0.25, 0.3) is 0 Å². The first-order chi connectivity index (χ1) is 7.36. The molecule has 0 spiro atoms. The number of rotatable bonds is 2. The van der Waals surface area contributed by atoms with E-state index < -0.39 is 0 Å². The van der Waals surface area contributed by atoms with Gasteiger partial charge in [0.2, 0.25) is 0 Å². The lowest BCUT2D eigenvalue weighted by Crippen LogP contribution is -2.33. The van der Waals surface area contributed by atoms with Crippen molar-refractivity contribution >= 4 is 5.97 Å². The zero-order chi connectivity index (χ0) is 10.5. The van der Waals surface area contributed by atoms with E-state index >= 15 is 0 Å². The molecule has 15 heavy (non-hydrogen) atoms.